The van der Waals surface area contributed by atoms with Crippen molar-refractivity contribution in [3.05, 3.63) is 29.8 Å². The summed E-state index contributed by atoms with van der Waals surface area (Å²) in [6, 6.07) is 6.24. The zero-order valence-electron chi connectivity index (χ0n) is 11.0. The van der Waals surface area contributed by atoms with Gasteiger partial charge in [-0.15, -0.1) is 0 Å². The van der Waals surface area contributed by atoms with Gasteiger partial charge in [-0.25, -0.2) is 0 Å². The average Bonchev–Trinajstić information content (AvgIpc) is 2.95. The van der Waals surface area contributed by atoms with E-state index in [1.807, 2.05) is 6.92 Å². The first-order valence-electron chi connectivity index (χ1n) is 6.50. The predicted octanol–water partition coefficient (Wildman–Crippen LogP) is -0.200. The summed E-state index contributed by atoms with van der Waals surface area (Å²) in [4.78, 5) is 0.130. The minimum absolute atomic E-state index is 0.130. The van der Waals surface area contributed by atoms with E-state index < -0.39 is 28.4 Å². The predicted molar refractivity (Wildman–Crippen MR) is 70.8 cm³/mol. The fourth-order valence-corrected chi connectivity index (χ4v) is 3.69. The third-order valence-corrected chi connectivity index (χ3v) is 5.06. The van der Waals surface area contributed by atoms with Crippen molar-refractivity contribution in [3.63, 3.8) is 0 Å². The molecular formula is C13H17NO5S. The van der Waals surface area contributed by atoms with Crippen LogP contribution in [0.5, 0.6) is 0 Å². The molecule has 0 radical (unpaired) electrons. The highest BCUT2D eigenvalue weighted by Crippen LogP contribution is 2.27. The Hall–Kier alpha value is -0.990. The van der Waals surface area contributed by atoms with Crippen molar-refractivity contribution < 1.29 is 22.4 Å². The Morgan fingerprint density at radius 1 is 1.35 bits per heavy atom. The molecule has 20 heavy (non-hydrogen) atoms. The number of benzene rings is 1. The molecule has 0 saturated carbocycles. The molecule has 2 aliphatic heterocycles. The Morgan fingerprint density at radius 2 is 2.05 bits per heavy atom. The van der Waals surface area contributed by atoms with Crippen LogP contribution in [-0.2, 0) is 19.0 Å². The topological polar surface area (TPSA) is 84.9 Å². The van der Waals surface area contributed by atoms with Gasteiger partial charge in [0.05, 0.1) is 23.6 Å². The fourth-order valence-electron chi connectivity index (χ4n) is 2.61. The van der Waals surface area contributed by atoms with Gasteiger partial charge in [0, 0.05) is 6.54 Å². The van der Waals surface area contributed by atoms with Crippen molar-refractivity contribution in [1.29, 1.82) is 0 Å². The number of aliphatic hydroxyl groups is 1. The molecular weight excluding hydrogens is 282 g/mol. The molecule has 110 valence electrons. The lowest BCUT2D eigenvalue weighted by molar-refractivity contribution is 0.0278. The first-order valence-corrected chi connectivity index (χ1v) is 7.91. The molecule has 2 fully saturated rings. The summed E-state index contributed by atoms with van der Waals surface area (Å²) in [6.07, 6.45) is -1.65. The highest BCUT2D eigenvalue weighted by Gasteiger charge is 2.47. The fraction of sp³-hybridized carbons (Fsp3) is 0.538. The monoisotopic (exact) mass is 299 g/mol. The van der Waals surface area contributed by atoms with Crippen LogP contribution in [-0.4, -0.2) is 51.0 Å². The molecule has 0 unspecified atom stereocenters. The molecule has 1 aromatic carbocycles. The summed E-state index contributed by atoms with van der Waals surface area (Å²) in [7, 11) is -3.82. The van der Waals surface area contributed by atoms with E-state index in [0.29, 0.717) is 6.54 Å². The Labute approximate surface area is 117 Å². The maximum Gasteiger partial charge on any atom is 0.297 e. The van der Waals surface area contributed by atoms with Gasteiger partial charge in [0.15, 0.2) is 0 Å². The zero-order valence-corrected chi connectivity index (χ0v) is 11.8. The van der Waals surface area contributed by atoms with Gasteiger partial charge < -0.3 is 15.2 Å². The molecule has 0 aliphatic carbocycles. The number of fused-ring (bicyclic) bond motifs is 1. The van der Waals surface area contributed by atoms with E-state index >= 15 is 0 Å². The lowest BCUT2D eigenvalue weighted by atomic mass is 10.1. The summed E-state index contributed by atoms with van der Waals surface area (Å²) in [5.74, 6) is 0. The summed E-state index contributed by atoms with van der Waals surface area (Å²) in [5, 5.41) is 12.7. The van der Waals surface area contributed by atoms with E-state index in [4.69, 9.17) is 8.92 Å². The second-order valence-electron chi connectivity index (χ2n) is 5.20. The second kappa shape index (κ2) is 5.09. The first-order chi connectivity index (χ1) is 9.47. The maximum atomic E-state index is 12.2. The summed E-state index contributed by atoms with van der Waals surface area (Å²) < 4.78 is 35.1. The van der Waals surface area contributed by atoms with E-state index in [1.54, 1.807) is 12.1 Å². The van der Waals surface area contributed by atoms with Crippen molar-refractivity contribution in [2.75, 3.05) is 13.2 Å². The molecule has 0 aromatic heterocycles. The van der Waals surface area contributed by atoms with Crippen LogP contribution in [0.25, 0.3) is 0 Å². The van der Waals surface area contributed by atoms with Gasteiger partial charge in [0.25, 0.3) is 10.1 Å². The summed E-state index contributed by atoms with van der Waals surface area (Å²) in [5.41, 5.74) is 0.980. The van der Waals surface area contributed by atoms with Crippen LogP contribution in [0.2, 0.25) is 0 Å². The molecule has 1 aromatic rings. The van der Waals surface area contributed by atoms with E-state index in [9.17, 15) is 13.5 Å². The third kappa shape index (κ3) is 2.47. The number of ether oxygens (including phenoxy) is 1. The molecule has 2 saturated heterocycles. The molecule has 4 atom stereocenters. The Kier molecular flexibility index (Phi) is 3.55. The number of rotatable bonds is 3. The number of aliphatic hydroxyl groups excluding tert-OH is 1. The molecule has 0 amide bonds. The van der Waals surface area contributed by atoms with Crippen molar-refractivity contribution in [2.24, 2.45) is 0 Å². The minimum Gasteiger partial charge on any atom is -0.389 e. The molecule has 0 spiro atoms. The molecule has 3 rings (SSSR count). The lowest BCUT2D eigenvalue weighted by Gasteiger charge is -2.17. The van der Waals surface area contributed by atoms with Gasteiger partial charge in [-0.2, -0.15) is 8.42 Å². The van der Waals surface area contributed by atoms with Crippen LogP contribution in [0.4, 0.5) is 0 Å². The minimum atomic E-state index is -3.82. The molecule has 6 nitrogen and oxygen atoms in total. The van der Waals surface area contributed by atoms with Gasteiger partial charge in [0.1, 0.15) is 12.2 Å². The smallest absolute Gasteiger partial charge is 0.297 e. The van der Waals surface area contributed by atoms with E-state index in [0.717, 1.165) is 5.56 Å². The van der Waals surface area contributed by atoms with Crippen molar-refractivity contribution in [3.8, 4) is 0 Å². The van der Waals surface area contributed by atoms with E-state index in [-0.39, 0.29) is 17.5 Å². The SMILES string of the molecule is Cc1ccc(S(=O)(=O)O[C@H]2CN[C@H]3[C@H]2OC[C@@H]3O)cc1. The Bertz CT molecular complexity index is 585. The maximum absolute atomic E-state index is 12.2. The van der Waals surface area contributed by atoms with Crippen LogP contribution >= 0.6 is 0 Å². The molecule has 7 heteroatoms. The Morgan fingerprint density at radius 3 is 2.75 bits per heavy atom. The van der Waals surface area contributed by atoms with Crippen LogP contribution in [0.1, 0.15) is 5.56 Å². The zero-order chi connectivity index (χ0) is 14.3. The van der Waals surface area contributed by atoms with Gasteiger partial charge >= 0.3 is 0 Å². The quantitative estimate of drug-likeness (QED) is 0.752. The lowest BCUT2D eigenvalue weighted by Crippen LogP contribution is -2.37. The van der Waals surface area contributed by atoms with Gasteiger partial charge in [-0.3, -0.25) is 4.18 Å². The van der Waals surface area contributed by atoms with Gasteiger partial charge in [-0.1, -0.05) is 17.7 Å². The summed E-state index contributed by atoms with van der Waals surface area (Å²) >= 11 is 0. The third-order valence-electron chi connectivity index (χ3n) is 3.71. The average molecular weight is 299 g/mol. The number of hydrogen-bond donors (Lipinski definition) is 2. The molecule has 2 heterocycles. The van der Waals surface area contributed by atoms with Crippen molar-refractivity contribution in [1.82, 2.24) is 5.32 Å². The van der Waals surface area contributed by atoms with Gasteiger partial charge in [0.2, 0.25) is 0 Å². The van der Waals surface area contributed by atoms with Gasteiger partial charge in [-0.05, 0) is 19.1 Å². The number of nitrogens with one attached hydrogen (secondary N) is 1. The first kappa shape index (κ1) is 14.0. The largest absolute Gasteiger partial charge is 0.389 e. The second-order valence-corrected chi connectivity index (χ2v) is 6.77. The normalized spacial score (nSPS) is 33.3. The highest BCUT2D eigenvalue weighted by molar-refractivity contribution is 7.86. The molecule has 2 N–H and O–H groups in total. The number of hydrogen-bond acceptors (Lipinski definition) is 6. The highest BCUT2D eigenvalue weighted by atomic mass is 32.2. The molecule has 2 aliphatic rings. The van der Waals surface area contributed by atoms with Crippen LogP contribution in [0.3, 0.4) is 0 Å². The van der Waals surface area contributed by atoms with Crippen molar-refractivity contribution >= 4 is 10.1 Å². The van der Waals surface area contributed by atoms with E-state index in [1.165, 1.54) is 12.1 Å². The Balaban J connectivity index is 1.76. The van der Waals surface area contributed by atoms with Crippen LogP contribution in [0, 0.1) is 6.92 Å². The molecule has 0 bridgehead atoms. The van der Waals surface area contributed by atoms with Crippen LogP contribution < -0.4 is 5.32 Å². The van der Waals surface area contributed by atoms with E-state index in [2.05, 4.69) is 5.32 Å². The number of aryl methyl sites for hydroxylation is 1. The van der Waals surface area contributed by atoms with Crippen molar-refractivity contribution in [2.45, 2.75) is 36.2 Å². The summed E-state index contributed by atoms with van der Waals surface area (Å²) in [6.45, 7) is 2.43. The van der Waals surface area contributed by atoms with Crippen LogP contribution in [0.15, 0.2) is 29.2 Å². The standard InChI is InChI=1S/C13H17NO5S/c1-8-2-4-9(5-3-8)20(16,17)19-11-6-14-12-10(15)7-18-13(11)12/h2-5,10-15H,6-7H2,1H3/t10-,11-,12+,13-/m0/s1.